The standard InChI is InChI=1S/C15H12N2O4S2/c1-7(14(20)21-2)17-13(19)11(23-15(17)22)10-8-5-3-4-6-9(8)16-12(10)18/h3-7,19H,1-2H3/t7-/m1/s1. The van der Waals surface area contributed by atoms with Gasteiger partial charge in [-0.25, -0.2) is 9.79 Å². The molecule has 0 unspecified atom stereocenters. The zero-order chi connectivity index (χ0) is 16.7. The van der Waals surface area contributed by atoms with E-state index >= 15 is 0 Å². The fraction of sp³-hybridized carbons (Fsp3) is 0.200. The molecule has 2 aromatic rings. The fourth-order valence-electron chi connectivity index (χ4n) is 2.44. The van der Waals surface area contributed by atoms with E-state index in [4.69, 9.17) is 12.2 Å². The SMILES string of the molecule is COC(=O)[C@@H](C)n1c(O)c(C2=c3ccccc3=NC2=O)sc1=S. The van der Waals surface area contributed by atoms with Crippen LogP contribution >= 0.6 is 23.6 Å². The minimum Gasteiger partial charge on any atom is -0.493 e. The molecule has 118 valence electrons. The molecule has 0 radical (unpaired) electrons. The lowest BCUT2D eigenvalue weighted by molar-refractivity contribution is -0.144. The maximum Gasteiger partial charge on any atom is 0.328 e. The molecule has 2 heterocycles. The molecule has 0 aliphatic carbocycles. The number of nitrogens with zero attached hydrogens (tertiary/aromatic N) is 2. The molecule has 0 saturated carbocycles. The number of fused-ring (bicyclic) bond motifs is 1. The Balaban J connectivity index is 2.26. The molecule has 0 spiro atoms. The molecular formula is C15H12N2O4S2. The molecule has 1 N–H and O–H groups in total. The number of thiazole rings is 1. The van der Waals surface area contributed by atoms with Gasteiger partial charge in [0, 0.05) is 5.22 Å². The van der Waals surface area contributed by atoms with Crippen LogP contribution in [-0.4, -0.2) is 28.7 Å². The van der Waals surface area contributed by atoms with E-state index in [-0.39, 0.29) is 9.83 Å². The number of aromatic nitrogens is 1. The summed E-state index contributed by atoms with van der Waals surface area (Å²) in [7, 11) is 1.26. The second kappa shape index (κ2) is 5.71. The molecule has 1 aromatic carbocycles. The predicted molar refractivity (Wildman–Crippen MR) is 86.3 cm³/mol. The van der Waals surface area contributed by atoms with Gasteiger partial charge >= 0.3 is 5.97 Å². The number of rotatable bonds is 3. The van der Waals surface area contributed by atoms with Crippen LogP contribution in [-0.2, 0) is 14.3 Å². The summed E-state index contributed by atoms with van der Waals surface area (Å²) < 4.78 is 6.24. The van der Waals surface area contributed by atoms with Crippen molar-refractivity contribution in [3.8, 4) is 5.88 Å². The molecule has 1 aliphatic rings. The van der Waals surface area contributed by atoms with Crippen LogP contribution in [0, 0.1) is 3.95 Å². The third-order valence-corrected chi connectivity index (χ3v) is 4.99. The van der Waals surface area contributed by atoms with Crippen molar-refractivity contribution < 1.29 is 19.4 Å². The van der Waals surface area contributed by atoms with Crippen molar-refractivity contribution >= 4 is 41.0 Å². The fourth-order valence-corrected chi connectivity index (χ4v) is 3.94. The second-order valence-corrected chi connectivity index (χ2v) is 6.54. The van der Waals surface area contributed by atoms with Crippen molar-refractivity contribution in [2.75, 3.05) is 7.11 Å². The normalized spacial score (nSPS) is 14.3. The maximum atomic E-state index is 12.2. The number of esters is 1. The third-order valence-electron chi connectivity index (χ3n) is 3.58. The lowest BCUT2D eigenvalue weighted by Crippen LogP contribution is -2.22. The molecule has 0 bridgehead atoms. The van der Waals surface area contributed by atoms with Gasteiger partial charge in [0.05, 0.1) is 18.0 Å². The molecule has 0 fully saturated rings. The number of aromatic hydroxyl groups is 1. The first-order chi connectivity index (χ1) is 11.0. The highest BCUT2D eigenvalue weighted by molar-refractivity contribution is 7.73. The van der Waals surface area contributed by atoms with Crippen LogP contribution in [0.3, 0.4) is 0 Å². The van der Waals surface area contributed by atoms with Gasteiger partial charge in [0.15, 0.2) is 3.95 Å². The Morgan fingerprint density at radius 2 is 2.13 bits per heavy atom. The number of ether oxygens (including phenoxy) is 1. The molecule has 0 saturated heterocycles. The topological polar surface area (TPSA) is 80.9 Å². The quantitative estimate of drug-likeness (QED) is 0.663. The van der Waals surface area contributed by atoms with E-state index in [0.29, 0.717) is 21.0 Å². The zero-order valence-electron chi connectivity index (χ0n) is 12.3. The van der Waals surface area contributed by atoms with Gasteiger partial charge in [-0.2, -0.15) is 0 Å². The van der Waals surface area contributed by atoms with Gasteiger partial charge in [-0.1, -0.05) is 18.2 Å². The Bertz CT molecular complexity index is 1000. The number of amides is 1. The Hall–Kier alpha value is -2.32. The van der Waals surface area contributed by atoms with Gasteiger partial charge in [0.2, 0.25) is 5.88 Å². The van der Waals surface area contributed by atoms with Gasteiger partial charge < -0.3 is 9.84 Å². The van der Waals surface area contributed by atoms with Crippen LogP contribution in [0.5, 0.6) is 5.88 Å². The molecule has 1 atom stereocenters. The van der Waals surface area contributed by atoms with Crippen molar-refractivity contribution in [2.24, 2.45) is 4.99 Å². The Labute approximate surface area is 140 Å². The van der Waals surface area contributed by atoms with E-state index in [1.165, 1.54) is 11.7 Å². The summed E-state index contributed by atoms with van der Waals surface area (Å²) in [5, 5.41) is 11.7. The monoisotopic (exact) mass is 348 g/mol. The van der Waals surface area contributed by atoms with Crippen LogP contribution in [0.1, 0.15) is 17.8 Å². The Morgan fingerprint density at radius 3 is 2.83 bits per heavy atom. The lowest BCUT2D eigenvalue weighted by atomic mass is 10.1. The average molecular weight is 348 g/mol. The molecule has 23 heavy (non-hydrogen) atoms. The smallest absolute Gasteiger partial charge is 0.328 e. The molecular weight excluding hydrogens is 336 g/mol. The number of para-hydroxylation sites is 1. The maximum absolute atomic E-state index is 12.2. The highest BCUT2D eigenvalue weighted by Gasteiger charge is 2.28. The zero-order valence-corrected chi connectivity index (χ0v) is 13.9. The Kier molecular flexibility index (Phi) is 3.87. The molecule has 1 aromatic heterocycles. The van der Waals surface area contributed by atoms with Crippen molar-refractivity contribution in [1.29, 1.82) is 0 Å². The number of methoxy groups -OCH3 is 1. The van der Waals surface area contributed by atoms with Crippen LogP contribution in [0.15, 0.2) is 29.3 Å². The number of carbonyl (C=O) groups is 2. The second-order valence-electron chi connectivity index (χ2n) is 4.90. The molecule has 1 aliphatic heterocycles. The summed E-state index contributed by atoms with van der Waals surface area (Å²) >= 11 is 6.30. The number of carbonyl (C=O) groups excluding carboxylic acids is 2. The largest absolute Gasteiger partial charge is 0.493 e. The van der Waals surface area contributed by atoms with Crippen LogP contribution in [0.4, 0.5) is 0 Å². The minimum atomic E-state index is -0.790. The summed E-state index contributed by atoms with van der Waals surface area (Å²) in [5.74, 6) is -1.20. The predicted octanol–water partition coefficient (Wildman–Crippen LogP) is 1.08. The van der Waals surface area contributed by atoms with Gasteiger partial charge in [0.1, 0.15) is 10.9 Å². The van der Waals surface area contributed by atoms with Crippen molar-refractivity contribution in [2.45, 2.75) is 13.0 Å². The van der Waals surface area contributed by atoms with E-state index in [1.54, 1.807) is 31.2 Å². The van der Waals surface area contributed by atoms with E-state index in [9.17, 15) is 14.7 Å². The van der Waals surface area contributed by atoms with Crippen molar-refractivity contribution in [3.63, 3.8) is 0 Å². The summed E-state index contributed by atoms with van der Waals surface area (Å²) in [4.78, 5) is 28.2. The molecule has 1 amide bonds. The van der Waals surface area contributed by atoms with E-state index in [0.717, 1.165) is 11.3 Å². The summed E-state index contributed by atoms with van der Waals surface area (Å²) in [6.07, 6.45) is 0. The van der Waals surface area contributed by atoms with Crippen LogP contribution < -0.4 is 10.6 Å². The van der Waals surface area contributed by atoms with Gasteiger partial charge in [-0.05, 0) is 25.2 Å². The molecule has 6 nitrogen and oxygen atoms in total. The summed E-state index contributed by atoms with van der Waals surface area (Å²) in [5.41, 5.74) is 0.296. The van der Waals surface area contributed by atoms with Crippen molar-refractivity contribution in [3.05, 3.63) is 43.7 Å². The highest BCUT2D eigenvalue weighted by atomic mass is 32.1. The van der Waals surface area contributed by atoms with E-state index in [1.807, 2.05) is 0 Å². The summed E-state index contributed by atoms with van der Waals surface area (Å²) in [6, 6.07) is 6.27. The van der Waals surface area contributed by atoms with Gasteiger partial charge in [0.25, 0.3) is 5.91 Å². The summed E-state index contributed by atoms with van der Waals surface area (Å²) in [6.45, 7) is 1.57. The number of benzene rings is 1. The lowest BCUT2D eigenvalue weighted by Gasteiger charge is -2.12. The first kappa shape index (κ1) is 15.6. The van der Waals surface area contributed by atoms with E-state index < -0.39 is 17.9 Å². The molecule has 8 heteroatoms. The van der Waals surface area contributed by atoms with Crippen LogP contribution in [0.25, 0.3) is 5.57 Å². The third kappa shape index (κ3) is 2.40. The first-order valence-electron chi connectivity index (χ1n) is 6.70. The Morgan fingerprint density at radius 1 is 1.43 bits per heavy atom. The molecule has 3 rings (SSSR count). The first-order valence-corrected chi connectivity index (χ1v) is 7.93. The van der Waals surface area contributed by atoms with Gasteiger partial charge in [-0.3, -0.25) is 9.36 Å². The van der Waals surface area contributed by atoms with Crippen molar-refractivity contribution in [1.82, 2.24) is 4.57 Å². The highest BCUT2D eigenvalue weighted by Crippen LogP contribution is 2.35. The number of hydrogen-bond acceptors (Lipinski definition) is 6. The average Bonchev–Trinajstić information content (AvgIpc) is 3.01. The van der Waals surface area contributed by atoms with E-state index in [2.05, 4.69) is 9.73 Å². The minimum absolute atomic E-state index is 0.229. The number of hydrogen-bond donors (Lipinski definition) is 1. The van der Waals surface area contributed by atoms with Gasteiger partial charge in [-0.15, -0.1) is 11.3 Å². The van der Waals surface area contributed by atoms with Crippen LogP contribution in [0.2, 0.25) is 0 Å².